The molecule has 1 aliphatic rings. The molecule has 174 valence electrons. The highest BCUT2D eigenvalue weighted by molar-refractivity contribution is 5.80. The number of H-pyrrole nitrogens is 1. The third-order valence-corrected chi connectivity index (χ3v) is 6.25. The van der Waals surface area contributed by atoms with Crippen molar-refractivity contribution in [3.05, 3.63) is 77.5 Å². The van der Waals surface area contributed by atoms with Crippen molar-refractivity contribution in [2.75, 3.05) is 5.32 Å². The van der Waals surface area contributed by atoms with E-state index in [0.717, 1.165) is 52.8 Å². The molecule has 1 saturated carbocycles. The number of aromatic amines is 1. The van der Waals surface area contributed by atoms with Gasteiger partial charge >= 0.3 is 0 Å². The number of carbonyl (C=O) groups excluding carboxylic acids is 1. The number of hydrogen-bond donors (Lipinski definition) is 3. The predicted octanol–water partition coefficient (Wildman–Crippen LogP) is 4.12. The molecule has 0 aromatic carbocycles. The maximum Gasteiger partial charge on any atom is 0.223 e. The Kier molecular flexibility index (Phi) is 5.83. The van der Waals surface area contributed by atoms with Gasteiger partial charge in [-0.1, -0.05) is 6.07 Å². The lowest BCUT2D eigenvalue weighted by Gasteiger charge is -2.35. The molecule has 1 aliphatic carbocycles. The van der Waals surface area contributed by atoms with E-state index in [1.54, 1.807) is 17.1 Å². The fraction of sp³-hybridized carbons (Fsp3) is 0.320. The van der Waals surface area contributed by atoms with Crippen molar-refractivity contribution in [1.29, 1.82) is 0 Å². The van der Waals surface area contributed by atoms with Crippen LogP contribution in [0.5, 0.6) is 0 Å². The number of anilines is 2. The standard InChI is InChI=1S/C25H28N8O/c1-15-9-21(29-22(10-15)30-23-11-16(2)31-32-23)19-12-20(13-19)25(34)28-17(3)18-5-6-24(26-14-18)33-8-4-7-27-33/h4-11,14,17,19-20H,12-13H2,1-3H3,(H,28,34)(H2,29,30,31,32)/t17-,19-,20-/m0/s1. The molecular formula is C25H28N8O. The van der Waals surface area contributed by atoms with Crippen molar-refractivity contribution < 1.29 is 4.79 Å². The summed E-state index contributed by atoms with van der Waals surface area (Å²) in [5.74, 6) is 2.62. The summed E-state index contributed by atoms with van der Waals surface area (Å²) in [4.78, 5) is 22.1. The van der Waals surface area contributed by atoms with E-state index in [1.165, 1.54) is 0 Å². The maximum atomic E-state index is 12.8. The van der Waals surface area contributed by atoms with Crippen molar-refractivity contribution >= 4 is 17.5 Å². The third-order valence-electron chi connectivity index (χ3n) is 6.25. The van der Waals surface area contributed by atoms with Gasteiger partial charge in [-0.15, -0.1) is 0 Å². The van der Waals surface area contributed by atoms with E-state index in [1.807, 2.05) is 50.4 Å². The van der Waals surface area contributed by atoms with Gasteiger partial charge in [-0.05, 0) is 69.0 Å². The average molecular weight is 457 g/mol. The molecule has 0 radical (unpaired) electrons. The summed E-state index contributed by atoms with van der Waals surface area (Å²) in [6.07, 6.45) is 6.95. The van der Waals surface area contributed by atoms with E-state index in [4.69, 9.17) is 4.98 Å². The van der Waals surface area contributed by atoms with Crippen LogP contribution in [-0.2, 0) is 4.79 Å². The minimum Gasteiger partial charge on any atom is -0.349 e. The molecule has 0 aliphatic heterocycles. The van der Waals surface area contributed by atoms with Gasteiger partial charge in [0.1, 0.15) is 5.82 Å². The molecule has 9 nitrogen and oxygen atoms in total. The van der Waals surface area contributed by atoms with Gasteiger partial charge in [0.25, 0.3) is 0 Å². The van der Waals surface area contributed by atoms with Gasteiger partial charge in [0.15, 0.2) is 11.6 Å². The number of nitrogens with zero attached hydrogens (tertiary/aromatic N) is 5. The fourth-order valence-corrected chi connectivity index (χ4v) is 4.26. The Morgan fingerprint density at radius 3 is 2.71 bits per heavy atom. The van der Waals surface area contributed by atoms with E-state index < -0.39 is 0 Å². The van der Waals surface area contributed by atoms with Crippen LogP contribution >= 0.6 is 0 Å². The lowest BCUT2D eigenvalue weighted by Crippen LogP contribution is -2.39. The number of hydrogen-bond acceptors (Lipinski definition) is 6. The summed E-state index contributed by atoms with van der Waals surface area (Å²) in [5, 5.41) is 17.7. The second-order valence-electron chi connectivity index (χ2n) is 9.01. The average Bonchev–Trinajstić information content (AvgIpc) is 3.44. The molecule has 0 bridgehead atoms. The zero-order valence-electron chi connectivity index (χ0n) is 19.5. The molecular weight excluding hydrogens is 428 g/mol. The van der Waals surface area contributed by atoms with Gasteiger partial charge in [-0.3, -0.25) is 9.89 Å². The minimum absolute atomic E-state index is 0.00327. The van der Waals surface area contributed by atoms with Crippen LogP contribution in [0.15, 0.2) is 55.0 Å². The van der Waals surface area contributed by atoms with E-state index in [9.17, 15) is 4.79 Å². The van der Waals surface area contributed by atoms with Gasteiger partial charge in [0.2, 0.25) is 5.91 Å². The number of rotatable bonds is 7. The first-order valence-electron chi connectivity index (χ1n) is 11.5. The van der Waals surface area contributed by atoms with Crippen molar-refractivity contribution in [1.82, 2.24) is 35.3 Å². The molecule has 0 saturated heterocycles. The van der Waals surface area contributed by atoms with Crippen LogP contribution in [0.1, 0.15) is 54.2 Å². The zero-order chi connectivity index (χ0) is 23.7. The normalized spacial score (nSPS) is 18.2. The smallest absolute Gasteiger partial charge is 0.223 e. The SMILES string of the molecule is Cc1cc(Nc2cc(C)[nH]n2)nc([C@H]2C[C@H](C(=O)N[C@@H](C)c3ccc(-n4cccn4)nc3)C2)c1. The van der Waals surface area contributed by atoms with Crippen LogP contribution in [0.4, 0.5) is 11.6 Å². The summed E-state index contributed by atoms with van der Waals surface area (Å²) >= 11 is 0. The van der Waals surface area contributed by atoms with Crippen LogP contribution in [0.3, 0.4) is 0 Å². The second-order valence-corrected chi connectivity index (χ2v) is 9.01. The Labute approximate surface area is 198 Å². The van der Waals surface area contributed by atoms with E-state index >= 15 is 0 Å². The molecule has 1 fully saturated rings. The van der Waals surface area contributed by atoms with Gasteiger partial charge in [0.05, 0.1) is 6.04 Å². The maximum absolute atomic E-state index is 12.8. The Balaban J connectivity index is 1.17. The lowest BCUT2D eigenvalue weighted by atomic mass is 9.72. The molecule has 4 heterocycles. The third kappa shape index (κ3) is 4.68. The van der Waals surface area contributed by atoms with E-state index in [2.05, 4.69) is 43.9 Å². The Morgan fingerprint density at radius 2 is 2.03 bits per heavy atom. The molecule has 1 amide bonds. The number of nitrogens with one attached hydrogen (secondary N) is 3. The first kappa shape index (κ1) is 21.8. The molecule has 4 aromatic heterocycles. The van der Waals surface area contributed by atoms with Crippen LogP contribution < -0.4 is 10.6 Å². The number of aromatic nitrogens is 6. The molecule has 5 rings (SSSR count). The largest absolute Gasteiger partial charge is 0.349 e. The van der Waals surface area contributed by atoms with Gasteiger partial charge < -0.3 is 10.6 Å². The van der Waals surface area contributed by atoms with Crippen LogP contribution in [0, 0.1) is 19.8 Å². The Bertz CT molecular complexity index is 1270. The van der Waals surface area contributed by atoms with Crippen LogP contribution in [-0.4, -0.2) is 35.9 Å². The van der Waals surface area contributed by atoms with E-state index in [0.29, 0.717) is 0 Å². The number of amides is 1. The summed E-state index contributed by atoms with van der Waals surface area (Å²) in [7, 11) is 0. The zero-order valence-corrected chi connectivity index (χ0v) is 19.5. The number of pyridine rings is 2. The first-order chi connectivity index (χ1) is 16.4. The van der Waals surface area contributed by atoms with Crippen molar-refractivity contribution in [3.8, 4) is 5.82 Å². The first-order valence-corrected chi connectivity index (χ1v) is 11.5. The topological polar surface area (TPSA) is 113 Å². The van der Waals surface area contributed by atoms with Crippen molar-refractivity contribution in [3.63, 3.8) is 0 Å². The highest BCUT2D eigenvalue weighted by Crippen LogP contribution is 2.42. The molecule has 3 N–H and O–H groups in total. The van der Waals surface area contributed by atoms with Crippen LogP contribution in [0.25, 0.3) is 5.82 Å². The van der Waals surface area contributed by atoms with E-state index in [-0.39, 0.29) is 23.8 Å². The highest BCUT2D eigenvalue weighted by atomic mass is 16.2. The molecule has 0 spiro atoms. The highest BCUT2D eigenvalue weighted by Gasteiger charge is 2.36. The van der Waals surface area contributed by atoms with Gasteiger partial charge in [-0.25, -0.2) is 14.6 Å². The Morgan fingerprint density at radius 1 is 1.18 bits per heavy atom. The lowest BCUT2D eigenvalue weighted by molar-refractivity contribution is -0.128. The molecule has 4 aromatic rings. The predicted molar refractivity (Wildman–Crippen MR) is 129 cm³/mol. The Hall–Kier alpha value is -4.01. The van der Waals surface area contributed by atoms with Crippen molar-refractivity contribution in [2.24, 2.45) is 5.92 Å². The van der Waals surface area contributed by atoms with Gasteiger partial charge in [0, 0.05) is 47.9 Å². The van der Waals surface area contributed by atoms with Gasteiger partial charge in [-0.2, -0.15) is 10.2 Å². The summed E-state index contributed by atoms with van der Waals surface area (Å²) in [5.41, 5.74) is 4.10. The number of aryl methyl sites for hydroxylation is 2. The summed E-state index contributed by atoms with van der Waals surface area (Å²) in [6, 6.07) is 11.7. The summed E-state index contributed by atoms with van der Waals surface area (Å²) < 4.78 is 1.71. The monoisotopic (exact) mass is 456 g/mol. The van der Waals surface area contributed by atoms with Crippen LogP contribution in [0.2, 0.25) is 0 Å². The fourth-order valence-electron chi connectivity index (χ4n) is 4.26. The number of carbonyl (C=O) groups is 1. The summed E-state index contributed by atoms with van der Waals surface area (Å²) in [6.45, 7) is 6.00. The van der Waals surface area contributed by atoms with Crippen molar-refractivity contribution in [2.45, 2.75) is 45.6 Å². The molecule has 1 atom stereocenters. The quantitative estimate of drug-likeness (QED) is 0.386. The molecule has 34 heavy (non-hydrogen) atoms. The minimum atomic E-state index is -0.115. The second kappa shape index (κ2) is 9.09. The molecule has 9 heteroatoms. The molecule has 0 unspecified atom stereocenters.